The van der Waals surface area contributed by atoms with Gasteiger partial charge in [-0.25, -0.2) is 13.8 Å². The van der Waals surface area contributed by atoms with Crippen molar-refractivity contribution < 1.29 is 18.3 Å². The third kappa shape index (κ3) is 5.53. The van der Waals surface area contributed by atoms with Crippen molar-refractivity contribution >= 4 is 28.6 Å². The number of ether oxygens (including phenoxy) is 1. The minimum atomic E-state index is -0.606. The van der Waals surface area contributed by atoms with E-state index in [-0.39, 0.29) is 23.2 Å². The molecule has 1 amide bonds. The molecular weight excluding hydrogens is 516 g/mol. The number of benzene rings is 2. The predicted octanol–water partition coefficient (Wildman–Crippen LogP) is 3.66. The van der Waals surface area contributed by atoms with E-state index in [0.717, 1.165) is 31.6 Å². The molecule has 1 N–H and O–H groups in total. The van der Waals surface area contributed by atoms with Crippen LogP contribution in [0, 0.1) is 11.6 Å². The first-order valence-corrected chi connectivity index (χ1v) is 13.4. The highest BCUT2D eigenvalue weighted by molar-refractivity contribution is 5.95. The molecule has 0 radical (unpaired) electrons. The number of carbonyl (C=O) groups excluding carboxylic acids is 1. The van der Waals surface area contributed by atoms with Crippen LogP contribution in [-0.4, -0.2) is 94.7 Å². The monoisotopic (exact) mass is 547 g/mol. The summed E-state index contributed by atoms with van der Waals surface area (Å²) in [4.78, 5) is 27.8. The molecule has 0 atom stereocenters. The van der Waals surface area contributed by atoms with Crippen LogP contribution >= 0.6 is 0 Å². The predicted molar refractivity (Wildman–Crippen MR) is 148 cm³/mol. The van der Waals surface area contributed by atoms with Crippen LogP contribution in [0.1, 0.15) is 15.9 Å². The van der Waals surface area contributed by atoms with Crippen LogP contribution < -0.4 is 5.32 Å². The SMILES string of the molecule is CN1CCN(C(=O)c2ccc(Nc3ncc4ccn(-c5ccc(CN6CCOCC6)c(F)c5)c4n3)cc2F)CC1. The first kappa shape index (κ1) is 26.3. The third-order valence-electron chi connectivity index (χ3n) is 7.49. The van der Waals surface area contributed by atoms with E-state index in [1.165, 1.54) is 18.2 Å². The molecule has 4 heterocycles. The molecule has 0 spiro atoms. The second-order valence-electron chi connectivity index (χ2n) is 10.2. The van der Waals surface area contributed by atoms with Gasteiger partial charge in [-0.2, -0.15) is 4.98 Å². The molecule has 6 rings (SSSR count). The Morgan fingerprint density at radius 3 is 2.52 bits per heavy atom. The van der Waals surface area contributed by atoms with Gasteiger partial charge >= 0.3 is 0 Å². The van der Waals surface area contributed by atoms with E-state index < -0.39 is 5.82 Å². The number of amides is 1. The average molecular weight is 548 g/mol. The number of hydrogen-bond acceptors (Lipinski definition) is 7. The van der Waals surface area contributed by atoms with Crippen molar-refractivity contribution in [3.63, 3.8) is 0 Å². The highest BCUT2D eigenvalue weighted by atomic mass is 19.1. The summed E-state index contributed by atoms with van der Waals surface area (Å²) in [6, 6.07) is 11.5. The Hall–Kier alpha value is -3.93. The fourth-order valence-corrected chi connectivity index (χ4v) is 5.08. The molecule has 0 saturated carbocycles. The fourth-order valence-electron chi connectivity index (χ4n) is 5.08. The van der Waals surface area contributed by atoms with E-state index in [9.17, 15) is 9.18 Å². The highest BCUT2D eigenvalue weighted by Crippen LogP contribution is 2.24. The number of rotatable bonds is 6. The second kappa shape index (κ2) is 11.3. The molecule has 2 aromatic carbocycles. The molecule has 2 saturated heterocycles. The lowest BCUT2D eigenvalue weighted by Crippen LogP contribution is -2.47. The van der Waals surface area contributed by atoms with Crippen molar-refractivity contribution in [2.45, 2.75) is 6.54 Å². The molecule has 2 aromatic heterocycles. The van der Waals surface area contributed by atoms with Crippen molar-refractivity contribution in [2.75, 3.05) is 64.8 Å². The van der Waals surface area contributed by atoms with E-state index in [0.29, 0.717) is 55.4 Å². The smallest absolute Gasteiger partial charge is 0.256 e. The Labute approximate surface area is 231 Å². The van der Waals surface area contributed by atoms with Gasteiger partial charge in [0.15, 0.2) is 0 Å². The van der Waals surface area contributed by atoms with Crippen LogP contribution in [0.5, 0.6) is 0 Å². The molecule has 2 fully saturated rings. The van der Waals surface area contributed by atoms with Crippen molar-refractivity contribution in [3.05, 3.63) is 77.6 Å². The summed E-state index contributed by atoms with van der Waals surface area (Å²) in [6.07, 6.45) is 3.48. The molecule has 2 aliphatic heterocycles. The number of nitrogens with one attached hydrogen (secondary N) is 1. The molecule has 208 valence electrons. The first-order chi connectivity index (χ1) is 19.4. The summed E-state index contributed by atoms with van der Waals surface area (Å²) in [7, 11) is 2.00. The standard InChI is InChI=1S/C29H31F2N7O2/c1-35-8-10-37(11-9-35)28(39)24-5-3-22(16-26(24)31)33-29-32-18-20-6-7-38(27(20)34-29)23-4-2-21(25(30)17-23)19-36-12-14-40-15-13-36/h2-7,16-18H,8-15,19H2,1H3,(H,32,33,34). The number of fused-ring (bicyclic) bond motifs is 1. The van der Waals surface area contributed by atoms with Crippen molar-refractivity contribution in [3.8, 4) is 5.69 Å². The summed E-state index contributed by atoms with van der Waals surface area (Å²) in [5.74, 6) is -0.934. The summed E-state index contributed by atoms with van der Waals surface area (Å²) in [5.41, 5.74) is 2.32. The van der Waals surface area contributed by atoms with Crippen LogP contribution in [-0.2, 0) is 11.3 Å². The Kier molecular flexibility index (Phi) is 7.42. The maximum Gasteiger partial charge on any atom is 0.256 e. The average Bonchev–Trinajstić information content (AvgIpc) is 3.38. The summed E-state index contributed by atoms with van der Waals surface area (Å²) in [6.45, 7) is 6.11. The zero-order valence-electron chi connectivity index (χ0n) is 22.3. The van der Waals surface area contributed by atoms with Crippen LogP contribution in [0.25, 0.3) is 16.7 Å². The third-order valence-corrected chi connectivity index (χ3v) is 7.49. The van der Waals surface area contributed by atoms with Gasteiger partial charge < -0.3 is 24.4 Å². The molecule has 11 heteroatoms. The number of halogens is 2. The Balaban J connectivity index is 1.19. The minimum Gasteiger partial charge on any atom is -0.379 e. The Morgan fingerprint density at radius 1 is 0.975 bits per heavy atom. The molecule has 0 unspecified atom stereocenters. The van der Waals surface area contributed by atoms with E-state index in [4.69, 9.17) is 4.74 Å². The van der Waals surface area contributed by atoms with Gasteiger partial charge in [0, 0.05) is 80.5 Å². The quantitative estimate of drug-likeness (QED) is 0.395. The number of carbonyl (C=O) groups is 1. The number of anilines is 2. The van der Waals surface area contributed by atoms with Gasteiger partial charge in [-0.05, 0) is 43.4 Å². The Bertz CT molecular complexity index is 1530. The van der Waals surface area contributed by atoms with Crippen molar-refractivity contribution in [1.29, 1.82) is 0 Å². The number of piperazine rings is 1. The summed E-state index contributed by atoms with van der Waals surface area (Å²) >= 11 is 0. The van der Waals surface area contributed by atoms with Gasteiger partial charge in [-0.15, -0.1) is 0 Å². The van der Waals surface area contributed by atoms with Gasteiger partial charge in [0.25, 0.3) is 5.91 Å². The van der Waals surface area contributed by atoms with E-state index in [1.54, 1.807) is 27.8 Å². The zero-order chi connectivity index (χ0) is 27.6. The van der Waals surface area contributed by atoms with Gasteiger partial charge in [0.1, 0.15) is 17.3 Å². The van der Waals surface area contributed by atoms with Crippen molar-refractivity contribution in [1.82, 2.24) is 29.2 Å². The van der Waals surface area contributed by atoms with Crippen LogP contribution in [0.4, 0.5) is 20.4 Å². The lowest BCUT2D eigenvalue weighted by atomic mass is 10.1. The fraction of sp³-hybridized carbons (Fsp3) is 0.345. The lowest BCUT2D eigenvalue weighted by Gasteiger charge is -2.32. The highest BCUT2D eigenvalue weighted by Gasteiger charge is 2.23. The number of hydrogen-bond donors (Lipinski definition) is 1. The normalized spacial score (nSPS) is 16.9. The topological polar surface area (TPSA) is 78.8 Å². The van der Waals surface area contributed by atoms with E-state index in [1.807, 2.05) is 25.4 Å². The minimum absolute atomic E-state index is 0.0412. The molecule has 40 heavy (non-hydrogen) atoms. The maximum absolute atomic E-state index is 15.0. The molecule has 2 aliphatic rings. The first-order valence-electron chi connectivity index (χ1n) is 13.4. The zero-order valence-corrected chi connectivity index (χ0v) is 22.3. The van der Waals surface area contributed by atoms with Crippen LogP contribution in [0.2, 0.25) is 0 Å². The lowest BCUT2D eigenvalue weighted by molar-refractivity contribution is 0.0337. The molecule has 4 aromatic rings. The van der Waals surface area contributed by atoms with Gasteiger partial charge in [-0.3, -0.25) is 9.69 Å². The van der Waals surface area contributed by atoms with Crippen LogP contribution in [0.15, 0.2) is 54.9 Å². The van der Waals surface area contributed by atoms with E-state index in [2.05, 4.69) is 25.1 Å². The van der Waals surface area contributed by atoms with Gasteiger partial charge in [0.2, 0.25) is 5.95 Å². The number of aromatic nitrogens is 3. The van der Waals surface area contributed by atoms with E-state index >= 15 is 4.39 Å². The van der Waals surface area contributed by atoms with Crippen LogP contribution in [0.3, 0.4) is 0 Å². The molecular formula is C29H31F2N7O2. The number of likely N-dealkylation sites (N-methyl/N-ethyl adjacent to an activating group) is 1. The molecule has 0 bridgehead atoms. The molecule has 9 nitrogen and oxygen atoms in total. The van der Waals surface area contributed by atoms with Crippen molar-refractivity contribution in [2.24, 2.45) is 0 Å². The van der Waals surface area contributed by atoms with Gasteiger partial charge in [0.05, 0.1) is 18.8 Å². The largest absolute Gasteiger partial charge is 0.379 e. The number of nitrogens with zero attached hydrogens (tertiary/aromatic N) is 6. The van der Waals surface area contributed by atoms with Gasteiger partial charge in [-0.1, -0.05) is 6.07 Å². The Morgan fingerprint density at radius 2 is 1.77 bits per heavy atom. The number of morpholine rings is 1. The molecule has 0 aliphatic carbocycles. The second-order valence-corrected chi connectivity index (χ2v) is 10.2. The summed E-state index contributed by atoms with van der Waals surface area (Å²) in [5, 5.41) is 3.81. The summed E-state index contributed by atoms with van der Waals surface area (Å²) < 4.78 is 37.2. The maximum atomic E-state index is 15.0.